The van der Waals surface area contributed by atoms with Gasteiger partial charge in [-0.3, -0.25) is 10.1 Å². The molecule has 0 spiro atoms. The fourth-order valence-electron chi connectivity index (χ4n) is 1.43. The van der Waals surface area contributed by atoms with E-state index in [9.17, 15) is 10.1 Å². The van der Waals surface area contributed by atoms with E-state index < -0.39 is 4.92 Å². The molecular weight excluding hydrogens is 388 g/mol. The second kappa shape index (κ2) is 7.40. The first-order valence-corrected chi connectivity index (χ1v) is 7.32. The summed E-state index contributed by atoms with van der Waals surface area (Å²) in [6.45, 7) is 3.84. The zero-order valence-corrected chi connectivity index (χ0v) is 14.2. The van der Waals surface area contributed by atoms with Crippen molar-refractivity contribution in [2.24, 2.45) is 0 Å². The number of nitro groups is 1. The highest BCUT2D eigenvalue weighted by atomic mass is 79.9. The molecule has 0 bridgehead atoms. The van der Waals surface area contributed by atoms with Crippen LogP contribution in [0.3, 0.4) is 0 Å². The SMILES string of the molecule is Cc1ccc(Br)c(N)c1.Cc1ccc(Br)c([N+](=O)[O-])c1. The van der Waals surface area contributed by atoms with Crippen LogP contribution in [0.1, 0.15) is 11.1 Å². The highest BCUT2D eigenvalue weighted by Crippen LogP contribution is 2.24. The van der Waals surface area contributed by atoms with Crippen molar-refractivity contribution in [3.05, 3.63) is 66.6 Å². The standard InChI is InChI=1S/C7H6BrNO2.C7H8BrN/c1-5-2-3-6(8)7(4-5)9(10)11;1-5-2-3-6(8)7(9)4-5/h2-4H,1H3;2-4H,9H2,1H3. The molecule has 2 aromatic rings. The number of nitrogen functional groups attached to an aromatic ring is 1. The lowest BCUT2D eigenvalue weighted by Crippen LogP contribution is -1.89. The average molecular weight is 402 g/mol. The molecule has 0 heterocycles. The summed E-state index contributed by atoms with van der Waals surface area (Å²) in [4.78, 5) is 9.94. The van der Waals surface area contributed by atoms with E-state index in [1.165, 1.54) is 11.6 Å². The Labute approximate surface area is 134 Å². The zero-order chi connectivity index (χ0) is 15.3. The number of anilines is 1. The molecule has 0 radical (unpaired) electrons. The second-order valence-electron chi connectivity index (χ2n) is 4.24. The van der Waals surface area contributed by atoms with E-state index in [1.807, 2.05) is 38.1 Å². The molecule has 2 aromatic carbocycles. The lowest BCUT2D eigenvalue weighted by Gasteiger charge is -1.96. The molecule has 0 amide bonds. The normalized spacial score (nSPS) is 9.60. The molecule has 0 aliphatic rings. The smallest absolute Gasteiger partial charge is 0.283 e. The Balaban J connectivity index is 0.000000204. The van der Waals surface area contributed by atoms with Gasteiger partial charge in [0.1, 0.15) is 0 Å². The molecule has 0 atom stereocenters. The van der Waals surface area contributed by atoms with Crippen LogP contribution in [0.4, 0.5) is 11.4 Å². The number of hydrogen-bond acceptors (Lipinski definition) is 3. The van der Waals surface area contributed by atoms with Gasteiger partial charge in [-0.05, 0) is 75.0 Å². The van der Waals surface area contributed by atoms with Crippen molar-refractivity contribution in [2.45, 2.75) is 13.8 Å². The minimum Gasteiger partial charge on any atom is -0.398 e. The van der Waals surface area contributed by atoms with Gasteiger partial charge in [0.2, 0.25) is 0 Å². The molecule has 106 valence electrons. The van der Waals surface area contributed by atoms with Crippen LogP contribution in [-0.4, -0.2) is 4.92 Å². The van der Waals surface area contributed by atoms with E-state index in [1.54, 1.807) is 6.07 Å². The van der Waals surface area contributed by atoms with Gasteiger partial charge in [0, 0.05) is 16.2 Å². The van der Waals surface area contributed by atoms with Gasteiger partial charge in [0.05, 0.1) is 9.40 Å². The molecule has 0 saturated heterocycles. The van der Waals surface area contributed by atoms with E-state index in [0.29, 0.717) is 4.47 Å². The molecule has 6 heteroatoms. The van der Waals surface area contributed by atoms with Gasteiger partial charge in [0.25, 0.3) is 5.69 Å². The van der Waals surface area contributed by atoms with Gasteiger partial charge in [0.15, 0.2) is 0 Å². The van der Waals surface area contributed by atoms with E-state index in [4.69, 9.17) is 5.73 Å². The number of benzene rings is 2. The van der Waals surface area contributed by atoms with Gasteiger partial charge in [-0.25, -0.2) is 0 Å². The molecule has 2 rings (SSSR count). The van der Waals surface area contributed by atoms with Gasteiger partial charge in [-0.15, -0.1) is 0 Å². The van der Waals surface area contributed by atoms with Crippen LogP contribution in [-0.2, 0) is 0 Å². The summed E-state index contributed by atoms with van der Waals surface area (Å²) in [5.74, 6) is 0. The third kappa shape index (κ3) is 4.94. The molecule has 20 heavy (non-hydrogen) atoms. The molecule has 0 aliphatic heterocycles. The maximum atomic E-state index is 10.3. The summed E-state index contributed by atoms with van der Waals surface area (Å²) in [7, 11) is 0. The second-order valence-corrected chi connectivity index (χ2v) is 5.95. The van der Waals surface area contributed by atoms with E-state index in [0.717, 1.165) is 15.7 Å². The fourth-order valence-corrected chi connectivity index (χ4v) is 2.06. The molecule has 0 aromatic heterocycles. The topological polar surface area (TPSA) is 69.2 Å². The average Bonchev–Trinajstić information content (AvgIpc) is 2.38. The van der Waals surface area contributed by atoms with Crippen LogP contribution in [0.15, 0.2) is 45.3 Å². The molecule has 0 saturated carbocycles. The summed E-state index contributed by atoms with van der Waals surface area (Å²) in [5, 5.41) is 10.3. The predicted molar refractivity (Wildman–Crippen MR) is 88.8 cm³/mol. The quantitative estimate of drug-likeness (QED) is 0.415. The Morgan fingerprint density at radius 2 is 1.50 bits per heavy atom. The van der Waals surface area contributed by atoms with Crippen LogP contribution >= 0.6 is 31.9 Å². The maximum Gasteiger partial charge on any atom is 0.283 e. The zero-order valence-electron chi connectivity index (χ0n) is 11.1. The third-order valence-corrected chi connectivity index (χ3v) is 3.84. The maximum absolute atomic E-state index is 10.3. The molecular formula is C14H14Br2N2O2. The van der Waals surface area contributed by atoms with Crippen LogP contribution in [0.5, 0.6) is 0 Å². The van der Waals surface area contributed by atoms with Crippen molar-refractivity contribution in [1.29, 1.82) is 0 Å². The molecule has 2 N–H and O–H groups in total. The number of nitrogens with two attached hydrogens (primary N) is 1. The van der Waals surface area contributed by atoms with Crippen LogP contribution in [0, 0.1) is 24.0 Å². The Morgan fingerprint density at radius 1 is 1.00 bits per heavy atom. The first-order valence-electron chi connectivity index (χ1n) is 5.73. The van der Waals surface area contributed by atoms with E-state index in [-0.39, 0.29) is 5.69 Å². The van der Waals surface area contributed by atoms with Crippen LogP contribution in [0.2, 0.25) is 0 Å². The summed E-state index contributed by atoms with van der Waals surface area (Å²) < 4.78 is 1.49. The van der Waals surface area contributed by atoms with E-state index in [2.05, 4.69) is 31.9 Å². The lowest BCUT2D eigenvalue weighted by molar-refractivity contribution is -0.385. The third-order valence-electron chi connectivity index (χ3n) is 2.45. The largest absolute Gasteiger partial charge is 0.398 e. The molecule has 0 unspecified atom stereocenters. The highest BCUT2D eigenvalue weighted by Gasteiger charge is 2.09. The predicted octanol–water partition coefficient (Wildman–Crippen LogP) is 5.01. The van der Waals surface area contributed by atoms with Gasteiger partial charge in [-0.1, -0.05) is 12.1 Å². The van der Waals surface area contributed by atoms with E-state index >= 15 is 0 Å². The number of aryl methyl sites for hydroxylation is 2. The van der Waals surface area contributed by atoms with Crippen molar-refractivity contribution < 1.29 is 4.92 Å². The molecule has 4 nitrogen and oxygen atoms in total. The van der Waals surface area contributed by atoms with Crippen LogP contribution in [0.25, 0.3) is 0 Å². The number of hydrogen-bond donors (Lipinski definition) is 1. The summed E-state index contributed by atoms with van der Waals surface area (Å²) in [6, 6.07) is 10.9. The lowest BCUT2D eigenvalue weighted by atomic mass is 10.2. The number of rotatable bonds is 1. The summed E-state index contributed by atoms with van der Waals surface area (Å²) in [5.41, 5.74) is 8.57. The van der Waals surface area contributed by atoms with Crippen molar-refractivity contribution in [3.63, 3.8) is 0 Å². The summed E-state index contributed by atoms with van der Waals surface area (Å²) >= 11 is 6.39. The first kappa shape index (κ1) is 16.7. The highest BCUT2D eigenvalue weighted by molar-refractivity contribution is 9.11. The monoisotopic (exact) mass is 400 g/mol. The fraction of sp³-hybridized carbons (Fsp3) is 0.143. The first-order chi connectivity index (χ1) is 9.31. The Hall–Kier alpha value is -1.40. The number of nitrogens with zero attached hydrogens (tertiary/aromatic N) is 1. The Kier molecular flexibility index (Phi) is 6.16. The number of nitro benzene ring substituents is 1. The van der Waals surface area contributed by atoms with Crippen molar-refractivity contribution in [1.82, 2.24) is 0 Å². The minimum atomic E-state index is -0.406. The van der Waals surface area contributed by atoms with Gasteiger partial charge in [-0.2, -0.15) is 0 Å². The van der Waals surface area contributed by atoms with Gasteiger partial charge < -0.3 is 5.73 Å². The van der Waals surface area contributed by atoms with Crippen LogP contribution < -0.4 is 5.73 Å². The summed E-state index contributed by atoms with van der Waals surface area (Å²) in [6.07, 6.45) is 0. The molecule has 0 aliphatic carbocycles. The van der Waals surface area contributed by atoms with Crippen molar-refractivity contribution >= 4 is 43.2 Å². The Bertz CT molecular complexity index is 631. The van der Waals surface area contributed by atoms with Gasteiger partial charge >= 0.3 is 0 Å². The van der Waals surface area contributed by atoms with Crippen molar-refractivity contribution in [3.8, 4) is 0 Å². The molecule has 0 fully saturated rings. The number of halogens is 2. The minimum absolute atomic E-state index is 0.116. The van der Waals surface area contributed by atoms with Crippen molar-refractivity contribution in [2.75, 3.05) is 5.73 Å². The Morgan fingerprint density at radius 3 is 1.90 bits per heavy atom.